The fraction of sp³-hybridized carbons (Fsp3) is 0.600. The summed E-state index contributed by atoms with van der Waals surface area (Å²) in [6, 6.07) is 5.24. The molecule has 1 aromatic rings. The highest BCUT2D eigenvalue weighted by Crippen LogP contribution is 2.30. The molecule has 0 saturated carbocycles. The number of benzene rings is 1. The van der Waals surface area contributed by atoms with Crippen LogP contribution >= 0.6 is 0 Å². The molecule has 1 unspecified atom stereocenters. The van der Waals surface area contributed by atoms with Gasteiger partial charge in [-0.3, -0.25) is 0 Å². The third-order valence-corrected chi connectivity index (χ3v) is 2.98. The Morgan fingerprint density at radius 2 is 1.78 bits per heavy atom. The van der Waals surface area contributed by atoms with E-state index in [0.29, 0.717) is 11.6 Å². The van der Waals surface area contributed by atoms with Gasteiger partial charge >= 0.3 is 0 Å². The van der Waals surface area contributed by atoms with E-state index in [1.807, 2.05) is 13.0 Å². The second-order valence-electron chi connectivity index (χ2n) is 5.61. The van der Waals surface area contributed by atoms with Gasteiger partial charge < -0.3 is 10.6 Å². The molecule has 1 atom stereocenters. The summed E-state index contributed by atoms with van der Waals surface area (Å²) in [6.07, 6.45) is 0. The lowest BCUT2D eigenvalue weighted by Gasteiger charge is -2.33. The molecular formula is C15H25FN2. The molecule has 18 heavy (non-hydrogen) atoms. The van der Waals surface area contributed by atoms with E-state index in [1.54, 1.807) is 6.07 Å². The molecule has 0 aliphatic heterocycles. The zero-order valence-corrected chi connectivity index (χ0v) is 12.1. The fourth-order valence-electron chi connectivity index (χ4n) is 2.16. The molecular weight excluding hydrogens is 227 g/mol. The van der Waals surface area contributed by atoms with Gasteiger partial charge in [0.15, 0.2) is 0 Å². The molecule has 1 rings (SSSR count). The van der Waals surface area contributed by atoms with Gasteiger partial charge in [-0.25, -0.2) is 4.39 Å². The average Bonchev–Trinajstić information content (AvgIpc) is 2.25. The van der Waals surface area contributed by atoms with Gasteiger partial charge in [-0.05, 0) is 38.3 Å². The van der Waals surface area contributed by atoms with Crippen molar-refractivity contribution in [3.63, 3.8) is 0 Å². The second-order valence-corrected chi connectivity index (χ2v) is 5.61. The number of anilines is 1. The lowest BCUT2D eigenvalue weighted by molar-refractivity contribution is 0.545. The van der Waals surface area contributed by atoms with Gasteiger partial charge in [0.25, 0.3) is 0 Å². The summed E-state index contributed by atoms with van der Waals surface area (Å²) < 4.78 is 14.2. The van der Waals surface area contributed by atoms with Crippen molar-refractivity contribution in [3.05, 3.63) is 29.6 Å². The van der Waals surface area contributed by atoms with Crippen molar-refractivity contribution in [3.8, 4) is 0 Å². The summed E-state index contributed by atoms with van der Waals surface area (Å²) in [5.41, 5.74) is 7.50. The lowest BCUT2D eigenvalue weighted by Crippen LogP contribution is -2.36. The van der Waals surface area contributed by atoms with Crippen molar-refractivity contribution < 1.29 is 4.39 Å². The first-order valence-corrected chi connectivity index (χ1v) is 6.65. The van der Waals surface area contributed by atoms with Gasteiger partial charge in [0, 0.05) is 18.6 Å². The van der Waals surface area contributed by atoms with Crippen LogP contribution in [0.25, 0.3) is 0 Å². The maximum atomic E-state index is 14.2. The molecule has 2 N–H and O–H groups in total. The van der Waals surface area contributed by atoms with Crippen LogP contribution in [0, 0.1) is 11.7 Å². The van der Waals surface area contributed by atoms with Crippen LogP contribution in [0.4, 0.5) is 10.1 Å². The van der Waals surface area contributed by atoms with E-state index in [0.717, 1.165) is 12.1 Å². The van der Waals surface area contributed by atoms with E-state index in [2.05, 4.69) is 32.6 Å². The van der Waals surface area contributed by atoms with Crippen LogP contribution < -0.4 is 10.6 Å². The summed E-state index contributed by atoms with van der Waals surface area (Å²) in [5, 5.41) is 0. The summed E-state index contributed by atoms with van der Waals surface area (Å²) in [4.78, 5) is 2.11. The first kappa shape index (κ1) is 15.0. The van der Waals surface area contributed by atoms with Crippen LogP contribution in [-0.4, -0.2) is 12.6 Å². The van der Waals surface area contributed by atoms with Crippen molar-refractivity contribution in [2.24, 2.45) is 11.7 Å². The van der Waals surface area contributed by atoms with Crippen LogP contribution in [0.1, 0.15) is 46.2 Å². The Hall–Kier alpha value is -1.09. The Labute approximate surface area is 110 Å². The van der Waals surface area contributed by atoms with Crippen molar-refractivity contribution in [1.29, 1.82) is 0 Å². The van der Waals surface area contributed by atoms with Gasteiger partial charge in [0.05, 0.1) is 5.69 Å². The Morgan fingerprint density at radius 3 is 2.22 bits per heavy atom. The van der Waals surface area contributed by atoms with Gasteiger partial charge in [0.1, 0.15) is 5.82 Å². The smallest absolute Gasteiger partial charge is 0.146 e. The Balaban J connectivity index is 3.25. The van der Waals surface area contributed by atoms with Crippen molar-refractivity contribution in [2.75, 3.05) is 11.4 Å². The standard InChI is InChI=1S/C15H25FN2/c1-10(2)9-18(11(3)4)15-13(12(5)17)7-6-8-14(15)16/h6-8,10-12H,9,17H2,1-5H3. The van der Waals surface area contributed by atoms with Crippen molar-refractivity contribution >= 4 is 5.69 Å². The Kier molecular flexibility index (Phi) is 5.15. The van der Waals surface area contributed by atoms with Crippen LogP contribution in [0.15, 0.2) is 18.2 Å². The second kappa shape index (κ2) is 6.19. The molecule has 0 bridgehead atoms. The Bertz CT molecular complexity index is 386. The number of nitrogens with zero attached hydrogens (tertiary/aromatic N) is 1. The minimum Gasteiger partial charge on any atom is -0.366 e. The van der Waals surface area contributed by atoms with Crippen molar-refractivity contribution in [2.45, 2.75) is 46.7 Å². The third-order valence-electron chi connectivity index (χ3n) is 2.98. The zero-order valence-electron chi connectivity index (χ0n) is 12.1. The van der Waals surface area contributed by atoms with E-state index < -0.39 is 0 Å². The summed E-state index contributed by atoms with van der Waals surface area (Å²) in [5.74, 6) is 0.298. The molecule has 2 nitrogen and oxygen atoms in total. The molecule has 0 heterocycles. The first-order chi connectivity index (χ1) is 8.34. The average molecular weight is 252 g/mol. The van der Waals surface area contributed by atoms with E-state index >= 15 is 0 Å². The Morgan fingerprint density at radius 1 is 1.17 bits per heavy atom. The third kappa shape index (κ3) is 3.45. The highest BCUT2D eigenvalue weighted by atomic mass is 19.1. The highest BCUT2D eigenvalue weighted by molar-refractivity contribution is 5.56. The van der Waals surface area contributed by atoms with Crippen LogP contribution in [0.2, 0.25) is 0 Å². The maximum Gasteiger partial charge on any atom is 0.146 e. The molecule has 0 amide bonds. The maximum absolute atomic E-state index is 14.2. The van der Waals surface area contributed by atoms with Crippen LogP contribution in [0.5, 0.6) is 0 Å². The number of hydrogen-bond donors (Lipinski definition) is 1. The van der Waals surface area contributed by atoms with Crippen molar-refractivity contribution in [1.82, 2.24) is 0 Å². The molecule has 0 radical (unpaired) electrons. The summed E-state index contributed by atoms with van der Waals surface area (Å²) in [7, 11) is 0. The monoisotopic (exact) mass is 252 g/mol. The van der Waals surface area contributed by atoms with Gasteiger partial charge in [-0.1, -0.05) is 26.0 Å². The normalized spacial score (nSPS) is 13.2. The molecule has 3 heteroatoms. The zero-order chi connectivity index (χ0) is 13.9. The van der Waals surface area contributed by atoms with E-state index in [9.17, 15) is 4.39 Å². The summed E-state index contributed by atoms with van der Waals surface area (Å²) in [6.45, 7) is 11.2. The largest absolute Gasteiger partial charge is 0.366 e. The van der Waals surface area contributed by atoms with Gasteiger partial charge in [0.2, 0.25) is 0 Å². The van der Waals surface area contributed by atoms with E-state index in [-0.39, 0.29) is 17.9 Å². The molecule has 0 spiro atoms. The molecule has 0 saturated heterocycles. The predicted molar refractivity (Wildman–Crippen MR) is 76.3 cm³/mol. The number of para-hydroxylation sites is 1. The van der Waals surface area contributed by atoms with E-state index in [4.69, 9.17) is 5.73 Å². The number of halogens is 1. The van der Waals surface area contributed by atoms with Crippen LogP contribution in [-0.2, 0) is 0 Å². The summed E-state index contributed by atoms with van der Waals surface area (Å²) >= 11 is 0. The molecule has 0 aliphatic carbocycles. The van der Waals surface area contributed by atoms with Gasteiger partial charge in [-0.2, -0.15) is 0 Å². The predicted octanol–water partition coefficient (Wildman–Crippen LogP) is 3.72. The number of rotatable bonds is 5. The molecule has 0 fully saturated rings. The molecule has 0 aliphatic rings. The molecule has 0 aromatic heterocycles. The molecule has 1 aromatic carbocycles. The van der Waals surface area contributed by atoms with Gasteiger partial charge in [-0.15, -0.1) is 0 Å². The number of nitrogens with two attached hydrogens (primary N) is 1. The topological polar surface area (TPSA) is 29.3 Å². The van der Waals surface area contributed by atoms with Crippen LogP contribution in [0.3, 0.4) is 0 Å². The van der Waals surface area contributed by atoms with E-state index in [1.165, 1.54) is 6.07 Å². The first-order valence-electron chi connectivity index (χ1n) is 6.65. The number of hydrogen-bond acceptors (Lipinski definition) is 2. The SMILES string of the molecule is CC(C)CN(c1c(F)cccc1C(C)N)C(C)C. The molecule has 102 valence electrons. The minimum absolute atomic E-state index is 0.163. The fourth-order valence-corrected chi connectivity index (χ4v) is 2.16. The highest BCUT2D eigenvalue weighted by Gasteiger charge is 2.20. The lowest BCUT2D eigenvalue weighted by atomic mass is 10.0. The minimum atomic E-state index is -0.181. The quantitative estimate of drug-likeness (QED) is 0.865.